The van der Waals surface area contributed by atoms with Crippen LogP contribution in [0, 0.1) is 5.92 Å². The Labute approximate surface area is 127 Å². The molecule has 116 valence electrons. The van der Waals surface area contributed by atoms with Crippen LogP contribution in [0.15, 0.2) is 30.3 Å². The van der Waals surface area contributed by atoms with Gasteiger partial charge in [0.15, 0.2) is 0 Å². The Morgan fingerprint density at radius 2 is 2.05 bits per heavy atom. The van der Waals surface area contributed by atoms with Gasteiger partial charge < -0.3 is 15.4 Å². The van der Waals surface area contributed by atoms with Gasteiger partial charge in [0.2, 0.25) is 5.91 Å². The third kappa shape index (κ3) is 3.63. The van der Waals surface area contributed by atoms with Crippen LogP contribution in [0.3, 0.4) is 0 Å². The fraction of sp³-hybridized carbons (Fsp3) is 0.588. The maximum atomic E-state index is 12.6. The van der Waals surface area contributed by atoms with Crippen molar-refractivity contribution < 1.29 is 9.53 Å². The Morgan fingerprint density at radius 3 is 2.67 bits per heavy atom. The molecule has 1 saturated heterocycles. The molecule has 0 saturated carbocycles. The van der Waals surface area contributed by atoms with E-state index < -0.39 is 0 Å². The second-order valence-electron chi connectivity index (χ2n) is 6.10. The summed E-state index contributed by atoms with van der Waals surface area (Å²) in [4.78, 5) is 14.6. The summed E-state index contributed by atoms with van der Waals surface area (Å²) in [5.74, 6) is 0.395. The minimum absolute atomic E-state index is 0.0358. The van der Waals surface area contributed by atoms with Gasteiger partial charge in [0.05, 0.1) is 18.7 Å². The minimum atomic E-state index is -0.0560. The van der Waals surface area contributed by atoms with Gasteiger partial charge in [0.25, 0.3) is 0 Å². The summed E-state index contributed by atoms with van der Waals surface area (Å²) < 4.78 is 5.98. The normalized spacial score (nSPS) is 27.4. The molecule has 0 radical (unpaired) electrons. The zero-order valence-corrected chi connectivity index (χ0v) is 13.2. The Morgan fingerprint density at radius 1 is 1.38 bits per heavy atom. The number of hydrogen-bond donors (Lipinski definition) is 1. The van der Waals surface area contributed by atoms with Crippen LogP contribution in [-0.4, -0.2) is 36.0 Å². The maximum Gasteiger partial charge on any atom is 0.223 e. The standard InChI is InChI=1S/C17H26N2O2/c1-12(10-18)9-16(20)19-13(2)11-21-17(14(19)3)15-7-5-4-6-8-15/h4-8,12-14,17H,9-11,18H2,1-3H3/t12-,13+,14-,17+/m0/s1. The van der Waals surface area contributed by atoms with Gasteiger partial charge in [-0.05, 0) is 31.9 Å². The third-order valence-corrected chi connectivity index (χ3v) is 4.21. The zero-order chi connectivity index (χ0) is 15.4. The van der Waals surface area contributed by atoms with Crippen LogP contribution in [0.4, 0.5) is 0 Å². The molecule has 21 heavy (non-hydrogen) atoms. The Kier molecular flexibility index (Phi) is 5.37. The SMILES string of the molecule is C[C@H](CN)CC(=O)N1[C@H](C)CO[C@@H](c2ccccc2)[C@@H]1C. The van der Waals surface area contributed by atoms with Crippen molar-refractivity contribution >= 4 is 5.91 Å². The lowest BCUT2D eigenvalue weighted by molar-refractivity contribution is -0.154. The van der Waals surface area contributed by atoms with E-state index in [0.29, 0.717) is 19.6 Å². The quantitative estimate of drug-likeness (QED) is 0.926. The van der Waals surface area contributed by atoms with Gasteiger partial charge in [-0.1, -0.05) is 37.3 Å². The number of carbonyl (C=O) groups is 1. The molecule has 0 spiro atoms. The number of amides is 1. The predicted octanol–water partition coefficient (Wildman–Crippen LogP) is 2.35. The van der Waals surface area contributed by atoms with E-state index in [1.165, 1.54) is 0 Å². The first-order valence-corrected chi connectivity index (χ1v) is 7.72. The Balaban J connectivity index is 2.14. The number of morpholine rings is 1. The largest absolute Gasteiger partial charge is 0.369 e. The van der Waals surface area contributed by atoms with Gasteiger partial charge in [0.1, 0.15) is 6.10 Å². The fourth-order valence-corrected chi connectivity index (χ4v) is 2.99. The van der Waals surface area contributed by atoms with E-state index >= 15 is 0 Å². The highest BCUT2D eigenvalue weighted by Gasteiger charge is 2.37. The lowest BCUT2D eigenvalue weighted by Gasteiger charge is -2.44. The molecule has 2 N–H and O–H groups in total. The van der Waals surface area contributed by atoms with E-state index in [4.69, 9.17) is 10.5 Å². The molecule has 1 aromatic carbocycles. The summed E-state index contributed by atoms with van der Waals surface area (Å²) in [6.07, 6.45) is 0.451. The van der Waals surface area contributed by atoms with Crippen molar-refractivity contribution in [2.24, 2.45) is 11.7 Å². The number of nitrogens with zero attached hydrogens (tertiary/aromatic N) is 1. The molecule has 1 aliphatic rings. The van der Waals surface area contributed by atoms with Crippen molar-refractivity contribution in [3.63, 3.8) is 0 Å². The molecule has 0 aromatic heterocycles. The summed E-state index contributed by atoms with van der Waals surface area (Å²) in [6.45, 7) is 7.25. The van der Waals surface area contributed by atoms with E-state index in [0.717, 1.165) is 5.56 Å². The summed E-state index contributed by atoms with van der Waals surface area (Å²) in [6, 6.07) is 10.3. The summed E-state index contributed by atoms with van der Waals surface area (Å²) in [5.41, 5.74) is 6.77. The second-order valence-corrected chi connectivity index (χ2v) is 6.10. The fourth-order valence-electron chi connectivity index (χ4n) is 2.99. The van der Waals surface area contributed by atoms with Crippen LogP contribution in [-0.2, 0) is 9.53 Å². The highest BCUT2D eigenvalue weighted by Crippen LogP contribution is 2.31. The van der Waals surface area contributed by atoms with Crippen LogP contribution >= 0.6 is 0 Å². The van der Waals surface area contributed by atoms with Crippen molar-refractivity contribution in [1.29, 1.82) is 0 Å². The number of rotatable bonds is 4. The molecule has 4 nitrogen and oxygen atoms in total. The van der Waals surface area contributed by atoms with Crippen LogP contribution in [0.2, 0.25) is 0 Å². The van der Waals surface area contributed by atoms with Crippen molar-refractivity contribution in [3.05, 3.63) is 35.9 Å². The number of carbonyl (C=O) groups excluding carboxylic acids is 1. The van der Waals surface area contributed by atoms with Crippen molar-refractivity contribution in [1.82, 2.24) is 4.90 Å². The first-order valence-electron chi connectivity index (χ1n) is 7.72. The molecule has 4 atom stereocenters. The van der Waals surface area contributed by atoms with Gasteiger partial charge in [-0.3, -0.25) is 4.79 Å². The molecule has 0 aliphatic carbocycles. The average molecular weight is 290 g/mol. The molecule has 1 amide bonds. The number of hydrogen-bond acceptors (Lipinski definition) is 3. The molecule has 0 unspecified atom stereocenters. The van der Waals surface area contributed by atoms with E-state index in [2.05, 4.69) is 19.1 Å². The minimum Gasteiger partial charge on any atom is -0.369 e. The molecular formula is C17H26N2O2. The molecular weight excluding hydrogens is 264 g/mol. The molecule has 1 fully saturated rings. The van der Waals surface area contributed by atoms with Gasteiger partial charge in [-0.25, -0.2) is 0 Å². The number of nitrogens with two attached hydrogens (primary N) is 1. The molecule has 2 rings (SSSR count). The van der Waals surface area contributed by atoms with E-state index in [1.54, 1.807) is 0 Å². The molecule has 0 bridgehead atoms. The summed E-state index contributed by atoms with van der Waals surface area (Å²) in [5, 5.41) is 0. The van der Waals surface area contributed by atoms with Gasteiger partial charge >= 0.3 is 0 Å². The first-order chi connectivity index (χ1) is 10.0. The van der Waals surface area contributed by atoms with Crippen LogP contribution < -0.4 is 5.73 Å². The lowest BCUT2D eigenvalue weighted by Crippen LogP contribution is -2.54. The van der Waals surface area contributed by atoms with Gasteiger partial charge in [-0.2, -0.15) is 0 Å². The lowest BCUT2D eigenvalue weighted by atomic mass is 9.97. The van der Waals surface area contributed by atoms with Gasteiger partial charge in [0, 0.05) is 6.42 Å². The summed E-state index contributed by atoms with van der Waals surface area (Å²) >= 11 is 0. The van der Waals surface area contributed by atoms with E-state index in [-0.39, 0.29) is 30.0 Å². The monoisotopic (exact) mass is 290 g/mol. The molecule has 1 aliphatic heterocycles. The Bertz CT molecular complexity index is 463. The van der Waals surface area contributed by atoms with Crippen LogP contribution in [0.5, 0.6) is 0 Å². The third-order valence-electron chi connectivity index (χ3n) is 4.21. The van der Waals surface area contributed by atoms with Crippen LogP contribution in [0.25, 0.3) is 0 Å². The topological polar surface area (TPSA) is 55.6 Å². The predicted molar refractivity (Wildman–Crippen MR) is 83.7 cm³/mol. The highest BCUT2D eigenvalue weighted by molar-refractivity contribution is 5.77. The number of ether oxygens (including phenoxy) is 1. The summed E-state index contributed by atoms with van der Waals surface area (Å²) in [7, 11) is 0. The van der Waals surface area contributed by atoms with Crippen molar-refractivity contribution in [2.75, 3.05) is 13.2 Å². The molecule has 1 heterocycles. The van der Waals surface area contributed by atoms with E-state index in [9.17, 15) is 4.79 Å². The smallest absolute Gasteiger partial charge is 0.223 e. The van der Waals surface area contributed by atoms with Gasteiger partial charge in [-0.15, -0.1) is 0 Å². The van der Waals surface area contributed by atoms with Crippen molar-refractivity contribution in [2.45, 2.75) is 45.4 Å². The zero-order valence-electron chi connectivity index (χ0n) is 13.2. The highest BCUT2D eigenvalue weighted by atomic mass is 16.5. The molecule has 1 aromatic rings. The first kappa shape index (κ1) is 16.0. The Hall–Kier alpha value is -1.39. The molecule has 4 heteroatoms. The number of benzene rings is 1. The van der Waals surface area contributed by atoms with E-state index in [1.807, 2.05) is 36.9 Å². The maximum absolute atomic E-state index is 12.6. The average Bonchev–Trinajstić information content (AvgIpc) is 2.48. The van der Waals surface area contributed by atoms with Crippen LogP contribution in [0.1, 0.15) is 38.9 Å². The van der Waals surface area contributed by atoms with Crippen molar-refractivity contribution in [3.8, 4) is 0 Å². The second kappa shape index (κ2) is 7.05.